The summed E-state index contributed by atoms with van der Waals surface area (Å²) in [7, 11) is -2.81. The predicted molar refractivity (Wildman–Crippen MR) is 126 cm³/mol. The van der Waals surface area contributed by atoms with Crippen LogP contribution in [0.25, 0.3) is 0 Å². The highest BCUT2D eigenvalue weighted by molar-refractivity contribution is 7.92. The van der Waals surface area contributed by atoms with E-state index < -0.39 is 34.2 Å². The molecule has 0 heterocycles. The maximum Gasteiger partial charge on any atom is 0.417 e. The zero-order chi connectivity index (χ0) is 25.6. The van der Waals surface area contributed by atoms with Crippen LogP contribution in [-0.4, -0.2) is 34.2 Å². The summed E-state index contributed by atoms with van der Waals surface area (Å²) in [5, 5.41) is 3.80. The number of sulfonamides is 1. The van der Waals surface area contributed by atoms with Gasteiger partial charge in [-0.2, -0.15) is 18.3 Å². The predicted octanol–water partition coefficient (Wildman–Crippen LogP) is 4.71. The molecule has 0 atom stereocenters. The molecule has 3 rings (SSSR count). The van der Waals surface area contributed by atoms with Gasteiger partial charge < -0.3 is 4.74 Å². The highest BCUT2D eigenvalue weighted by Gasteiger charge is 2.32. The molecule has 1 N–H and O–H groups in total. The molecule has 0 aliphatic heterocycles. The maximum atomic E-state index is 13.3. The van der Waals surface area contributed by atoms with Crippen molar-refractivity contribution < 1.29 is 31.1 Å². The average Bonchev–Trinajstić information content (AvgIpc) is 2.82. The van der Waals surface area contributed by atoms with Crippen LogP contribution in [0.5, 0.6) is 5.75 Å². The second kappa shape index (κ2) is 10.8. The number of benzene rings is 3. The summed E-state index contributed by atoms with van der Waals surface area (Å²) in [5.74, 6) is -0.452. The lowest BCUT2D eigenvalue weighted by atomic mass is 10.1. The normalized spacial score (nSPS) is 11.9. The fourth-order valence-electron chi connectivity index (χ4n) is 3.03. The average molecular weight is 526 g/mol. The topological polar surface area (TPSA) is 88.1 Å². The van der Waals surface area contributed by atoms with E-state index in [-0.39, 0.29) is 21.2 Å². The first-order valence-electron chi connectivity index (χ1n) is 9.93. The lowest BCUT2D eigenvalue weighted by Crippen LogP contribution is -2.39. The van der Waals surface area contributed by atoms with Gasteiger partial charge in [-0.15, -0.1) is 0 Å². The van der Waals surface area contributed by atoms with Gasteiger partial charge in [0.05, 0.1) is 29.5 Å². The lowest BCUT2D eigenvalue weighted by molar-refractivity contribution is -0.137. The first kappa shape index (κ1) is 26.0. The Morgan fingerprint density at radius 2 is 1.77 bits per heavy atom. The Hall–Kier alpha value is -3.57. The van der Waals surface area contributed by atoms with Gasteiger partial charge in [0.1, 0.15) is 12.3 Å². The number of nitrogens with zero attached hydrogens (tertiary/aromatic N) is 2. The van der Waals surface area contributed by atoms with Crippen LogP contribution in [0.3, 0.4) is 0 Å². The van der Waals surface area contributed by atoms with Crippen molar-refractivity contribution in [1.82, 2.24) is 5.43 Å². The molecule has 0 unspecified atom stereocenters. The van der Waals surface area contributed by atoms with Gasteiger partial charge >= 0.3 is 6.18 Å². The molecule has 0 radical (unpaired) electrons. The largest absolute Gasteiger partial charge is 0.497 e. The third kappa shape index (κ3) is 6.52. The van der Waals surface area contributed by atoms with Crippen molar-refractivity contribution in [2.24, 2.45) is 5.10 Å². The number of hydrazone groups is 1. The number of anilines is 1. The van der Waals surface area contributed by atoms with Crippen LogP contribution in [0.15, 0.2) is 82.8 Å². The molecule has 0 saturated heterocycles. The molecular weight excluding hydrogens is 507 g/mol. The van der Waals surface area contributed by atoms with E-state index in [4.69, 9.17) is 16.3 Å². The van der Waals surface area contributed by atoms with Crippen LogP contribution in [0, 0.1) is 0 Å². The molecule has 184 valence electrons. The van der Waals surface area contributed by atoms with Gasteiger partial charge in [-0.1, -0.05) is 35.9 Å². The molecule has 0 aliphatic carbocycles. The summed E-state index contributed by atoms with van der Waals surface area (Å²) in [6.45, 7) is -0.715. The Bertz CT molecular complexity index is 1330. The number of halogens is 4. The summed E-state index contributed by atoms with van der Waals surface area (Å²) in [5.41, 5.74) is 0.981. The van der Waals surface area contributed by atoms with E-state index in [2.05, 4.69) is 10.5 Å². The quantitative estimate of drug-likeness (QED) is 0.341. The number of methoxy groups -OCH3 is 1. The number of carbonyl (C=O) groups excluding carboxylic acids is 1. The van der Waals surface area contributed by atoms with Crippen LogP contribution >= 0.6 is 11.6 Å². The van der Waals surface area contributed by atoms with Gasteiger partial charge in [0.2, 0.25) is 0 Å². The fourth-order valence-corrected chi connectivity index (χ4v) is 4.63. The smallest absolute Gasteiger partial charge is 0.417 e. The van der Waals surface area contributed by atoms with Crippen molar-refractivity contribution in [2.75, 3.05) is 18.0 Å². The van der Waals surface area contributed by atoms with Gasteiger partial charge in [-0.05, 0) is 48.5 Å². The molecule has 0 aliphatic rings. The summed E-state index contributed by atoms with van der Waals surface area (Å²) >= 11 is 6.01. The second-order valence-corrected chi connectivity index (χ2v) is 9.34. The lowest BCUT2D eigenvalue weighted by Gasteiger charge is -2.24. The summed E-state index contributed by atoms with van der Waals surface area (Å²) in [6, 6.07) is 16.1. The minimum atomic E-state index is -4.61. The van der Waals surface area contributed by atoms with Crippen LogP contribution in [-0.2, 0) is 21.0 Å². The fraction of sp³-hybridized carbons (Fsp3) is 0.130. The standard InChI is InChI=1S/C23H19ClF3N3O4S/c1-34-19-9-11-20(12-10-19)35(32,33)30(18-7-4-6-17(24)13-18)15-22(31)29-28-14-16-5-2-3-8-21(16)23(25,26)27/h2-14H,15H2,1H3,(H,29,31)/b28-14-. The van der Waals surface area contributed by atoms with Crippen molar-refractivity contribution in [3.05, 3.63) is 88.9 Å². The Kier molecular flexibility index (Phi) is 8.03. The maximum absolute atomic E-state index is 13.3. The molecule has 0 saturated carbocycles. The van der Waals surface area contributed by atoms with E-state index in [9.17, 15) is 26.4 Å². The summed E-state index contributed by atoms with van der Waals surface area (Å²) in [6.07, 6.45) is -3.77. The van der Waals surface area contributed by atoms with E-state index in [1.807, 2.05) is 0 Å². The third-order valence-corrected chi connectivity index (χ3v) is 6.71. The Morgan fingerprint density at radius 3 is 2.40 bits per heavy atom. The van der Waals surface area contributed by atoms with E-state index in [0.717, 1.165) is 16.6 Å². The first-order chi connectivity index (χ1) is 16.5. The van der Waals surface area contributed by atoms with Crippen molar-refractivity contribution in [2.45, 2.75) is 11.1 Å². The zero-order valence-electron chi connectivity index (χ0n) is 18.2. The zero-order valence-corrected chi connectivity index (χ0v) is 19.7. The summed E-state index contributed by atoms with van der Waals surface area (Å²) < 4.78 is 71.9. The number of carbonyl (C=O) groups is 1. The van der Waals surface area contributed by atoms with E-state index in [1.54, 1.807) is 0 Å². The number of amides is 1. The van der Waals surface area contributed by atoms with Gasteiger partial charge in [-0.3, -0.25) is 9.10 Å². The van der Waals surface area contributed by atoms with E-state index >= 15 is 0 Å². The molecule has 0 spiro atoms. The molecule has 0 bridgehead atoms. The van der Waals surface area contributed by atoms with Crippen LogP contribution in [0.1, 0.15) is 11.1 Å². The highest BCUT2D eigenvalue weighted by Crippen LogP contribution is 2.31. The Morgan fingerprint density at radius 1 is 1.09 bits per heavy atom. The minimum absolute atomic E-state index is 0.106. The van der Waals surface area contributed by atoms with E-state index in [1.165, 1.54) is 73.8 Å². The van der Waals surface area contributed by atoms with Gasteiger partial charge in [0.15, 0.2) is 0 Å². The molecule has 12 heteroatoms. The SMILES string of the molecule is COc1ccc(S(=O)(=O)N(CC(=O)N/N=C\c2ccccc2C(F)(F)F)c2cccc(Cl)c2)cc1. The molecule has 35 heavy (non-hydrogen) atoms. The van der Waals surface area contributed by atoms with Crippen LogP contribution in [0.4, 0.5) is 18.9 Å². The molecule has 7 nitrogen and oxygen atoms in total. The first-order valence-corrected chi connectivity index (χ1v) is 11.7. The monoisotopic (exact) mass is 525 g/mol. The number of rotatable bonds is 8. The number of nitrogens with one attached hydrogen (secondary N) is 1. The Labute approximate surface area is 204 Å². The van der Waals surface area contributed by atoms with Gasteiger partial charge in [0, 0.05) is 10.6 Å². The van der Waals surface area contributed by atoms with Crippen molar-refractivity contribution >= 4 is 39.4 Å². The molecular formula is C23H19ClF3N3O4S. The van der Waals surface area contributed by atoms with Gasteiger partial charge in [-0.25, -0.2) is 13.8 Å². The minimum Gasteiger partial charge on any atom is -0.497 e. The van der Waals surface area contributed by atoms with Crippen molar-refractivity contribution in [3.8, 4) is 5.75 Å². The van der Waals surface area contributed by atoms with Crippen LogP contribution < -0.4 is 14.5 Å². The van der Waals surface area contributed by atoms with Gasteiger partial charge in [0.25, 0.3) is 15.9 Å². The molecule has 0 fully saturated rings. The number of alkyl halides is 3. The van der Waals surface area contributed by atoms with Crippen molar-refractivity contribution in [3.63, 3.8) is 0 Å². The van der Waals surface area contributed by atoms with Crippen LogP contribution in [0.2, 0.25) is 5.02 Å². The van der Waals surface area contributed by atoms with E-state index in [0.29, 0.717) is 5.75 Å². The highest BCUT2D eigenvalue weighted by atomic mass is 35.5. The summed E-state index contributed by atoms with van der Waals surface area (Å²) in [4.78, 5) is 12.4. The molecule has 3 aromatic carbocycles. The molecule has 1 amide bonds. The van der Waals surface area contributed by atoms with Crippen molar-refractivity contribution in [1.29, 1.82) is 0 Å². The number of hydrogen-bond acceptors (Lipinski definition) is 5. The molecule has 3 aromatic rings. The number of hydrogen-bond donors (Lipinski definition) is 1. The Balaban J connectivity index is 1.86. The number of ether oxygens (including phenoxy) is 1. The third-order valence-electron chi connectivity index (χ3n) is 4.69. The molecule has 0 aromatic heterocycles. The second-order valence-electron chi connectivity index (χ2n) is 7.05.